The molecule has 0 radical (unpaired) electrons. The SMILES string of the molecule is Cc1c(NS(=O)(=O)c2ccc(F)cc2)cccc1-c1ccc(C(=O)O)o1. The normalized spacial score (nSPS) is 11.3. The number of benzene rings is 2. The minimum Gasteiger partial charge on any atom is -0.475 e. The summed E-state index contributed by atoms with van der Waals surface area (Å²) in [4.78, 5) is 10.9. The fraction of sp³-hybridized carbons (Fsp3) is 0.0556. The first-order valence-electron chi connectivity index (χ1n) is 7.49. The maximum atomic E-state index is 13.0. The number of nitrogens with one attached hydrogen (secondary N) is 1. The number of furan rings is 1. The number of carboxylic acids is 1. The number of hydrogen-bond donors (Lipinski definition) is 2. The van der Waals surface area contributed by atoms with E-state index in [0.29, 0.717) is 22.6 Å². The molecule has 0 atom stereocenters. The predicted molar refractivity (Wildman–Crippen MR) is 93.0 cm³/mol. The minimum atomic E-state index is -3.90. The van der Waals surface area contributed by atoms with Gasteiger partial charge in [0.25, 0.3) is 10.0 Å². The highest BCUT2D eigenvalue weighted by atomic mass is 32.2. The van der Waals surface area contributed by atoms with Gasteiger partial charge in [-0.05, 0) is 55.0 Å². The van der Waals surface area contributed by atoms with E-state index >= 15 is 0 Å². The average molecular weight is 375 g/mol. The van der Waals surface area contributed by atoms with Gasteiger partial charge in [-0.1, -0.05) is 12.1 Å². The first-order valence-corrected chi connectivity index (χ1v) is 8.98. The number of halogens is 1. The summed E-state index contributed by atoms with van der Waals surface area (Å²) in [5.74, 6) is -1.63. The Morgan fingerprint density at radius 3 is 2.38 bits per heavy atom. The van der Waals surface area contributed by atoms with Crippen molar-refractivity contribution in [1.29, 1.82) is 0 Å². The Bertz CT molecular complexity index is 1070. The van der Waals surface area contributed by atoms with Gasteiger partial charge in [0.2, 0.25) is 5.76 Å². The second-order valence-corrected chi connectivity index (χ2v) is 7.19. The summed E-state index contributed by atoms with van der Waals surface area (Å²) in [7, 11) is -3.90. The van der Waals surface area contributed by atoms with Crippen molar-refractivity contribution in [2.24, 2.45) is 0 Å². The van der Waals surface area contributed by atoms with E-state index in [0.717, 1.165) is 12.1 Å². The molecule has 0 fully saturated rings. The highest BCUT2D eigenvalue weighted by molar-refractivity contribution is 7.92. The van der Waals surface area contributed by atoms with Crippen LogP contribution in [-0.4, -0.2) is 19.5 Å². The van der Waals surface area contributed by atoms with Crippen LogP contribution in [0.5, 0.6) is 0 Å². The quantitative estimate of drug-likeness (QED) is 0.705. The molecule has 0 saturated heterocycles. The van der Waals surface area contributed by atoms with E-state index in [1.807, 2.05) is 0 Å². The van der Waals surface area contributed by atoms with Gasteiger partial charge in [-0.15, -0.1) is 0 Å². The lowest BCUT2D eigenvalue weighted by Crippen LogP contribution is -2.14. The molecule has 8 heteroatoms. The zero-order valence-corrected chi connectivity index (χ0v) is 14.4. The number of carboxylic acid groups (broad SMARTS) is 1. The van der Waals surface area contributed by atoms with E-state index in [1.54, 1.807) is 25.1 Å². The zero-order chi connectivity index (χ0) is 18.9. The molecule has 0 saturated carbocycles. The Morgan fingerprint density at radius 2 is 1.77 bits per heavy atom. The Balaban J connectivity index is 1.96. The molecule has 0 bridgehead atoms. The number of carbonyl (C=O) groups is 1. The number of anilines is 1. The van der Waals surface area contributed by atoms with Gasteiger partial charge in [0, 0.05) is 5.56 Å². The molecule has 0 unspecified atom stereocenters. The lowest BCUT2D eigenvalue weighted by molar-refractivity contribution is 0.0663. The van der Waals surface area contributed by atoms with Gasteiger partial charge < -0.3 is 9.52 Å². The molecule has 3 rings (SSSR count). The highest BCUT2D eigenvalue weighted by Gasteiger charge is 2.18. The smallest absolute Gasteiger partial charge is 0.371 e. The molecule has 0 spiro atoms. The first kappa shape index (κ1) is 17.7. The van der Waals surface area contributed by atoms with Crippen LogP contribution in [0.25, 0.3) is 11.3 Å². The molecule has 6 nitrogen and oxygen atoms in total. The van der Waals surface area contributed by atoms with Crippen LogP contribution in [0.1, 0.15) is 16.1 Å². The van der Waals surface area contributed by atoms with Crippen molar-refractivity contribution in [2.75, 3.05) is 4.72 Å². The van der Waals surface area contributed by atoms with Gasteiger partial charge in [0.1, 0.15) is 11.6 Å². The maximum Gasteiger partial charge on any atom is 0.371 e. The third-order valence-electron chi connectivity index (χ3n) is 3.78. The van der Waals surface area contributed by atoms with Crippen LogP contribution < -0.4 is 4.72 Å². The van der Waals surface area contributed by atoms with Crippen LogP contribution in [0.4, 0.5) is 10.1 Å². The molecular formula is C18H14FNO5S. The van der Waals surface area contributed by atoms with E-state index in [9.17, 15) is 17.6 Å². The third kappa shape index (κ3) is 3.45. The number of sulfonamides is 1. The minimum absolute atomic E-state index is 0.0742. The summed E-state index contributed by atoms with van der Waals surface area (Å²) < 4.78 is 45.7. The van der Waals surface area contributed by atoms with E-state index in [1.165, 1.54) is 24.3 Å². The topological polar surface area (TPSA) is 96.6 Å². The Kier molecular flexibility index (Phi) is 4.52. The molecule has 0 aliphatic carbocycles. The van der Waals surface area contributed by atoms with Crippen molar-refractivity contribution >= 4 is 21.7 Å². The molecule has 0 amide bonds. The molecule has 3 aromatic rings. The molecule has 1 heterocycles. The maximum absolute atomic E-state index is 13.0. The highest BCUT2D eigenvalue weighted by Crippen LogP contribution is 2.31. The fourth-order valence-corrected chi connectivity index (χ4v) is 3.55. The van der Waals surface area contributed by atoms with Gasteiger partial charge in [-0.2, -0.15) is 0 Å². The van der Waals surface area contributed by atoms with Crippen molar-refractivity contribution in [3.8, 4) is 11.3 Å². The van der Waals surface area contributed by atoms with Crippen LogP contribution in [0.3, 0.4) is 0 Å². The van der Waals surface area contributed by atoms with Crippen LogP contribution in [-0.2, 0) is 10.0 Å². The summed E-state index contributed by atoms with van der Waals surface area (Å²) in [5.41, 5.74) is 1.42. The molecule has 0 aliphatic rings. The van der Waals surface area contributed by atoms with Gasteiger partial charge in [0.05, 0.1) is 10.6 Å². The molecule has 26 heavy (non-hydrogen) atoms. The Morgan fingerprint density at radius 1 is 1.08 bits per heavy atom. The third-order valence-corrected chi connectivity index (χ3v) is 5.17. The van der Waals surface area contributed by atoms with E-state index in [2.05, 4.69) is 4.72 Å². The summed E-state index contributed by atoms with van der Waals surface area (Å²) >= 11 is 0. The van der Waals surface area contributed by atoms with E-state index in [-0.39, 0.29) is 10.7 Å². The molecular weight excluding hydrogens is 361 g/mol. The lowest BCUT2D eigenvalue weighted by atomic mass is 10.1. The van der Waals surface area contributed by atoms with Gasteiger partial charge in [0.15, 0.2) is 0 Å². The van der Waals surface area contributed by atoms with Gasteiger partial charge in [-0.25, -0.2) is 17.6 Å². The van der Waals surface area contributed by atoms with E-state index in [4.69, 9.17) is 9.52 Å². The number of rotatable bonds is 5. The number of hydrogen-bond acceptors (Lipinski definition) is 4. The Labute approximate surface area is 149 Å². The largest absolute Gasteiger partial charge is 0.475 e. The first-order chi connectivity index (χ1) is 12.3. The second kappa shape index (κ2) is 6.64. The van der Waals surface area contributed by atoms with Crippen molar-refractivity contribution < 1.29 is 27.1 Å². The molecule has 2 N–H and O–H groups in total. The molecule has 0 aliphatic heterocycles. The summed E-state index contributed by atoms with van der Waals surface area (Å²) in [6.07, 6.45) is 0. The van der Waals surface area contributed by atoms with Gasteiger partial charge >= 0.3 is 5.97 Å². The standard InChI is InChI=1S/C18H14FNO5S/c1-11-14(16-9-10-17(25-16)18(21)22)3-2-4-15(11)20-26(23,24)13-7-5-12(19)6-8-13/h2-10,20H,1H3,(H,21,22). The van der Waals surface area contributed by atoms with E-state index < -0.39 is 21.8 Å². The molecule has 1 aromatic heterocycles. The van der Waals surface area contributed by atoms with Crippen molar-refractivity contribution in [2.45, 2.75) is 11.8 Å². The summed E-state index contributed by atoms with van der Waals surface area (Å²) in [6, 6.07) is 12.2. The van der Waals surface area contributed by atoms with Crippen LogP contribution >= 0.6 is 0 Å². The Hall–Kier alpha value is -3.13. The van der Waals surface area contributed by atoms with Gasteiger partial charge in [-0.3, -0.25) is 4.72 Å². The second-order valence-electron chi connectivity index (χ2n) is 5.51. The van der Waals surface area contributed by atoms with Crippen molar-refractivity contribution in [1.82, 2.24) is 0 Å². The monoisotopic (exact) mass is 375 g/mol. The van der Waals surface area contributed by atoms with Crippen LogP contribution in [0, 0.1) is 12.7 Å². The fourth-order valence-electron chi connectivity index (χ4n) is 2.43. The van der Waals surface area contributed by atoms with Crippen molar-refractivity contribution in [3.63, 3.8) is 0 Å². The summed E-state index contributed by atoms with van der Waals surface area (Å²) in [5, 5.41) is 8.96. The predicted octanol–water partition coefficient (Wildman–Crippen LogP) is 3.89. The van der Waals surface area contributed by atoms with Crippen LogP contribution in [0.2, 0.25) is 0 Å². The average Bonchev–Trinajstić information content (AvgIpc) is 3.07. The molecule has 2 aromatic carbocycles. The van der Waals surface area contributed by atoms with Crippen molar-refractivity contribution in [3.05, 3.63) is 71.7 Å². The zero-order valence-electron chi connectivity index (χ0n) is 13.6. The summed E-state index contributed by atoms with van der Waals surface area (Å²) in [6.45, 7) is 1.68. The number of aromatic carboxylic acids is 1. The lowest BCUT2D eigenvalue weighted by Gasteiger charge is -2.13. The molecule has 134 valence electrons. The van der Waals surface area contributed by atoms with Crippen LogP contribution in [0.15, 0.2) is 63.9 Å².